The van der Waals surface area contributed by atoms with Crippen molar-refractivity contribution >= 4 is 28.3 Å². The molecule has 28 heavy (non-hydrogen) atoms. The molecule has 162 valence electrons. The molecule has 0 radical (unpaired) electrons. The van der Waals surface area contributed by atoms with Gasteiger partial charge >= 0.3 is 0 Å². The molecule has 0 amide bonds. The Morgan fingerprint density at radius 3 is 1.36 bits per heavy atom. The summed E-state index contributed by atoms with van der Waals surface area (Å²) < 4.78 is 12.9. The van der Waals surface area contributed by atoms with E-state index in [1.54, 1.807) is 0 Å². The Labute approximate surface area is 175 Å². The normalized spacial score (nSPS) is 24.4. The Morgan fingerprint density at radius 2 is 1.07 bits per heavy atom. The van der Waals surface area contributed by atoms with Crippen LogP contribution in [0.3, 0.4) is 0 Å². The molecule has 0 N–H and O–H groups in total. The van der Waals surface area contributed by atoms with Crippen molar-refractivity contribution in [1.82, 2.24) is 4.90 Å². The van der Waals surface area contributed by atoms with Gasteiger partial charge in [0, 0.05) is 19.9 Å². The van der Waals surface area contributed by atoms with Crippen molar-refractivity contribution in [2.75, 3.05) is 7.05 Å². The molecule has 2 heterocycles. The van der Waals surface area contributed by atoms with E-state index in [0.717, 1.165) is 37.4 Å². The Kier molecular flexibility index (Phi) is 6.76. The molecule has 2 aliphatic heterocycles. The summed E-state index contributed by atoms with van der Waals surface area (Å²) in [7, 11) is -1.08. The van der Waals surface area contributed by atoms with E-state index in [1.165, 1.54) is 0 Å². The van der Waals surface area contributed by atoms with Gasteiger partial charge in [0.25, 0.3) is 0 Å². The molecule has 0 aromatic heterocycles. The third-order valence-corrected chi connectivity index (χ3v) is 7.69. The van der Waals surface area contributed by atoms with Crippen molar-refractivity contribution in [1.29, 1.82) is 0 Å². The van der Waals surface area contributed by atoms with Crippen LogP contribution in [-0.2, 0) is 8.85 Å². The van der Waals surface area contributed by atoms with E-state index in [9.17, 15) is 0 Å². The number of amidine groups is 2. The summed E-state index contributed by atoms with van der Waals surface area (Å²) in [5.41, 5.74) is -0.416. The van der Waals surface area contributed by atoms with E-state index >= 15 is 0 Å². The van der Waals surface area contributed by atoms with E-state index in [1.807, 2.05) is 0 Å². The lowest BCUT2D eigenvalue weighted by Gasteiger charge is -2.36. The number of hydrogen-bond donors (Lipinski definition) is 0. The second kappa shape index (κ2) is 7.97. The van der Waals surface area contributed by atoms with Crippen LogP contribution in [0.25, 0.3) is 0 Å². The molecule has 0 spiro atoms. The first-order chi connectivity index (χ1) is 12.5. The molecule has 0 unspecified atom stereocenters. The van der Waals surface area contributed by atoms with Crippen molar-refractivity contribution in [2.24, 2.45) is 9.98 Å². The van der Waals surface area contributed by atoms with Gasteiger partial charge in [-0.15, -0.1) is 0 Å². The Hall–Kier alpha value is -0.506. The van der Waals surface area contributed by atoms with Gasteiger partial charge in [-0.1, -0.05) is 0 Å². The van der Waals surface area contributed by atoms with Gasteiger partial charge in [0.2, 0.25) is 0 Å². The zero-order valence-corrected chi connectivity index (χ0v) is 22.1. The smallest absolute Gasteiger partial charge is 0.184 e. The molecule has 0 aromatic rings. The van der Waals surface area contributed by atoms with Gasteiger partial charge in [-0.2, -0.15) is 0 Å². The number of aliphatic imine (C=N–C) groups is 2. The lowest BCUT2D eigenvalue weighted by atomic mass is 9.97. The summed E-state index contributed by atoms with van der Waals surface area (Å²) in [6.07, 6.45) is 4.10. The monoisotopic (exact) mass is 425 g/mol. The molecular formula is C21H43N3O2Si2. The first kappa shape index (κ1) is 23.8. The molecule has 2 aliphatic rings. The maximum Gasteiger partial charge on any atom is 0.184 e. The Bertz CT molecular complexity index is 577. The highest BCUT2D eigenvalue weighted by molar-refractivity contribution is 6.70. The van der Waals surface area contributed by atoms with E-state index in [2.05, 4.69) is 78.9 Å². The standard InChI is InChI=1S/C21H43N3O2Si2/c1-20(2,25-27(6,7)8)16-12-14-18(22-16)24(5)19-15-13-17(23-19)21(3,4)26-28(9,10)11/h16-17H,12-15H2,1-11H3/t16-,17-/m0/s1. The highest BCUT2D eigenvalue weighted by atomic mass is 28.4. The maximum atomic E-state index is 6.44. The van der Waals surface area contributed by atoms with Crippen molar-refractivity contribution in [2.45, 2.75) is 116 Å². The fraction of sp³-hybridized carbons (Fsp3) is 0.905. The highest BCUT2D eigenvalue weighted by Gasteiger charge is 2.40. The van der Waals surface area contributed by atoms with Crippen molar-refractivity contribution < 1.29 is 8.85 Å². The minimum Gasteiger partial charge on any atom is -0.411 e. The summed E-state index contributed by atoms with van der Waals surface area (Å²) in [5.74, 6) is 2.31. The van der Waals surface area contributed by atoms with Gasteiger partial charge in [-0.3, -0.25) is 9.98 Å². The van der Waals surface area contributed by atoms with E-state index in [-0.39, 0.29) is 23.3 Å². The first-order valence-electron chi connectivity index (χ1n) is 10.8. The maximum absolute atomic E-state index is 6.44. The second-order valence-corrected chi connectivity index (χ2v) is 20.3. The van der Waals surface area contributed by atoms with E-state index in [0.29, 0.717) is 0 Å². The van der Waals surface area contributed by atoms with Crippen molar-refractivity contribution in [3.8, 4) is 0 Å². The molecule has 2 rings (SSSR count). The number of nitrogens with zero attached hydrogens (tertiary/aromatic N) is 3. The third-order valence-electron chi connectivity index (χ3n) is 5.41. The van der Waals surface area contributed by atoms with E-state index < -0.39 is 16.6 Å². The first-order valence-corrected chi connectivity index (χ1v) is 17.6. The highest BCUT2D eigenvalue weighted by Crippen LogP contribution is 2.33. The topological polar surface area (TPSA) is 46.4 Å². The predicted molar refractivity (Wildman–Crippen MR) is 126 cm³/mol. The molecule has 0 saturated heterocycles. The van der Waals surface area contributed by atoms with Crippen LogP contribution in [0.1, 0.15) is 53.4 Å². The van der Waals surface area contributed by atoms with Gasteiger partial charge in [-0.25, -0.2) is 0 Å². The van der Waals surface area contributed by atoms with Gasteiger partial charge in [0.05, 0.1) is 23.3 Å². The summed E-state index contributed by atoms with van der Waals surface area (Å²) in [4.78, 5) is 12.4. The van der Waals surface area contributed by atoms with Gasteiger partial charge < -0.3 is 13.8 Å². The minimum absolute atomic E-state index is 0.208. The largest absolute Gasteiger partial charge is 0.411 e. The minimum atomic E-state index is -1.60. The van der Waals surface area contributed by atoms with Crippen molar-refractivity contribution in [3.63, 3.8) is 0 Å². The lowest BCUT2D eigenvalue weighted by Crippen LogP contribution is -2.45. The number of hydrogen-bond acceptors (Lipinski definition) is 5. The molecule has 2 atom stereocenters. The molecule has 0 aromatic carbocycles. The Balaban J connectivity index is 2.09. The SMILES string of the molecule is CN(C1=N[C@H](C(C)(C)O[Si](C)(C)C)CC1)C1=N[C@H](C(C)(C)O[Si](C)(C)C)CC1. The Morgan fingerprint density at radius 1 is 0.750 bits per heavy atom. The van der Waals surface area contributed by atoms with Crippen LogP contribution in [0.5, 0.6) is 0 Å². The van der Waals surface area contributed by atoms with Gasteiger partial charge in [0.15, 0.2) is 16.6 Å². The summed E-state index contributed by atoms with van der Waals surface area (Å²) >= 11 is 0. The molecule has 0 bridgehead atoms. The van der Waals surface area contributed by atoms with Crippen LogP contribution < -0.4 is 0 Å². The molecule has 5 nitrogen and oxygen atoms in total. The van der Waals surface area contributed by atoms with Crippen molar-refractivity contribution in [3.05, 3.63) is 0 Å². The zero-order valence-electron chi connectivity index (χ0n) is 20.1. The van der Waals surface area contributed by atoms with Crippen LogP contribution in [0.2, 0.25) is 39.3 Å². The average Bonchev–Trinajstić information content (AvgIpc) is 3.12. The summed E-state index contributed by atoms with van der Waals surface area (Å²) in [6.45, 7) is 22.3. The molecule has 7 heteroatoms. The summed E-state index contributed by atoms with van der Waals surface area (Å²) in [5, 5.41) is 0. The summed E-state index contributed by atoms with van der Waals surface area (Å²) in [6, 6.07) is 0.447. The van der Waals surface area contributed by atoms with Crippen LogP contribution in [0, 0.1) is 0 Å². The van der Waals surface area contributed by atoms with E-state index in [4.69, 9.17) is 18.8 Å². The van der Waals surface area contributed by atoms with Gasteiger partial charge in [0.1, 0.15) is 11.7 Å². The predicted octanol–water partition coefficient (Wildman–Crippen LogP) is 5.30. The fourth-order valence-corrected chi connectivity index (χ4v) is 7.96. The quantitative estimate of drug-likeness (QED) is 0.542. The third kappa shape index (κ3) is 6.24. The van der Waals surface area contributed by atoms with Gasteiger partial charge in [-0.05, 0) is 79.8 Å². The lowest BCUT2D eigenvalue weighted by molar-refractivity contribution is 0.0727. The molecule has 0 aliphatic carbocycles. The zero-order chi connectivity index (χ0) is 21.5. The average molecular weight is 426 g/mol. The molecule has 0 saturated carbocycles. The fourth-order valence-electron chi connectivity index (χ4n) is 4.53. The molecular weight excluding hydrogens is 382 g/mol. The second-order valence-electron chi connectivity index (χ2n) is 11.4. The van der Waals surface area contributed by atoms with Crippen LogP contribution in [0.4, 0.5) is 0 Å². The van der Waals surface area contributed by atoms with Crippen LogP contribution in [0.15, 0.2) is 9.98 Å². The van der Waals surface area contributed by atoms with Crippen LogP contribution in [-0.4, -0.2) is 63.5 Å². The van der Waals surface area contributed by atoms with Crippen LogP contribution >= 0.6 is 0 Å². The molecule has 0 fully saturated rings. The number of rotatable bonds is 6.